The topological polar surface area (TPSA) is 9.72 Å². The summed E-state index contributed by atoms with van der Waals surface area (Å²) in [6.07, 6.45) is 0. The van der Waals surface area contributed by atoms with Gasteiger partial charge in [-0.2, -0.15) is 0 Å². The van der Waals surface area contributed by atoms with Gasteiger partial charge in [0, 0.05) is 64.9 Å². The standard InChI is InChI=1S/C36H49N3Si/c1-23-20-30(37(8)9)14-17-33(23)40(36-28(6)26(4)27(5)29(36)7,34-18-15-31(38(10)11)21-24(34)2)35-19-16-32(39(12)13)22-25(35)3/h14-22,36H,1-13H3. The number of aryl methyl sites for hydroxylation is 3. The predicted octanol–water partition coefficient (Wildman–Crippen LogP) is 6.34. The number of benzene rings is 3. The number of allylic oxidation sites excluding steroid dienone is 4. The summed E-state index contributed by atoms with van der Waals surface area (Å²) in [7, 11) is 10.1. The molecule has 1 aliphatic rings. The minimum absolute atomic E-state index is 0.351. The first-order valence-electron chi connectivity index (χ1n) is 14.4. The fourth-order valence-electron chi connectivity index (χ4n) is 7.01. The van der Waals surface area contributed by atoms with Crippen LogP contribution in [0, 0.1) is 20.8 Å². The van der Waals surface area contributed by atoms with E-state index in [1.807, 2.05) is 0 Å². The van der Waals surface area contributed by atoms with Crippen LogP contribution in [-0.4, -0.2) is 50.4 Å². The minimum Gasteiger partial charge on any atom is -0.378 e. The van der Waals surface area contributed by atoms with Gasteiger partial charge >= 0.3 is 0 Å². The Kier molecular flexibility index (Phi) is 8.15. The molecule has 0 saturated carbocycles. The second kappa shape index (κ2) is 11.0. The first kappa shape index (κ1) is 29.7. The van der Waals surface area contributed by atoms with Crippen molar-refractivity contribution in [2.75, 3.05) is 57.0 Å². The molecule has 3 nitrogen and oxygen atoms in total. The summed E-state index contributed by atoms with van der Waals surface area (Å²) < 4.78 is 0. The molecule has 212 valence electrons. The Hall–Kier alpha value is -3.24. The fraction of sp³-hybridized carbons (Fsp3) is 0.389. The normalized spacial score (nSPS) is 14.3. The van der Waals surface area contributed by atoms with E-state index >= 15 is 0 Å². The van der Waals surface area contributed by atoms with E-state index in [1.165, 1.54) is 71.6 Å². The SMILES string of the molecule is CC1=C(C)C([Si](c2ccc(N(C)C)cc2C)(c2ccc(N(C)C)cc2C)c2ccc(N(C)C)cc2C)C(C)=C1C. The maximum atomic E-state index is 2.47. The van der Waals surface area contributed by atoms with Crippen LogP contribution in [0.2, 0.25) is 5.54 Å². The minimum atomic E-state index is -2.68. The van der Waals surface area contributed by atoms with Gasteiger partial charge in [-0.15, -0.1) is 0 Å². The Labute approximate surface area is 244 Å². The molecule has 0 spiro atoms. The third kappa shape index (κ3) is 4.70. The van der Waals surface area contributed by atoms with Gasteiger partial charge in [0.2, 0.25) is 0 Å². The Morgan fingerprint density at radius 2 is 0.725 bits per heavy atom. The molecular weight excluding hydrogens is 503 g/mol. The lowest BCUT2D eigenvalue weighted by molar-refractivity contribution is 1.08. The molecule has 4 heteroatoms. The smallest absolute Gasteiger partial charge is 0.160 e. The lowest BCUT2D eigenvalue weighted by atomic mass is 10.1. The van der Waals surface area contributed by atoms with Crippen LogP contribution in [0.5, 0.6) is 0 Å². The maximum Gasteiger partial charge on any atom is 0.160 e. The van der Waals surface area contributed by atoms with Gasteiger partial charge in [-0.1, -0.05) is 29.3 Å². The van der Waals surface area contributed by atoms with Gasteiger partial charge < -0.3 is 14.7 Å². The van der Waals surface area contributed by atoms with Crippen molar-refractivity contribution in [3.63, 3.8) is 0 Å². The van der Waals surface area contributed by atoms with Crippen molar-refractivity contribution in [1.82, 2.24) is 0 Å². The highest BCUT2D eigenvalue weighted by molar-refractivity contribution is 7.13. The fourth-order valence-corrected chi connectivity index (χ4v) is 13.7. The van der Waals surface area contributed by atoms with Crippen LogP contribution in [0.15, 0.2) is 76.9 Å². The van der Waals surface area contributed by atoms with Crippen LogP contribution in [0.1, 0.15) is 44.4 Å². The van der Waals surface area contributed by atoms with E-state index in [0.29, 0.717) is 5.54 Å². The summed E-state index contributed by atoms with van der Waals surface area (Å²) in [5, 5.41) is 4.56. The van der Waals surface area contributed by atoms with Gasteiger partial charge in [0.1, 0.15) is 0 Å². The first-order chi connectivity index (χ1) is 18.7. The zero-order chi connectivity index (χ0) is 29.7. The Bertz CT molecular complexity index is 1340. The number of hydrogen-bond donors (Lipinski definition) is 0. The van der Waals surface area contributed by atoms with Gasteiger partial charge in [-0.05, 0) is 128 Å². The first-order valence-corrected chi connectivity index (χ1v) is 16.5. The Morgan fingerprint density at radius 1 is 0.450 bits per heavy atom. The second-order valence-electron chi connectivity index (χ2n) is 12.5. The maximum absolute atomic E-state index is 2.68. The van der Waals surface area contributed by atoms with E-state index in [-0.39, 0.29) is 0 Å². The van der Waals surface area contributed by atoms with E-state index in [2.05, 4.69) is 160 Å². The van der Waals surface area contributed by atoms with Crippen LogP contribution in [0.4, 0.5) is 17.1 Å². The van der Waals surface area contributed by atoms with Crippen LogP contribution >= 0.6 is 0 Å². The predicted molar refractivity (Wildman–Crippen MR) is 182 cm³/mol. The highest BCUT2D eigenvalue weighted by Crippen LogP contribution is 2.47. The number of nitrogens with zero attached hydrogens (tertiary/aromatic N) is 3. The summed E-state index contributed by atoms with van der Waals surface area (Å²) in [6, 6.07) is 21.6. The molecule has 0 radical (unpaired) electrons. The summed E-state index contributed by atoms with van der Waals surface area (Å²) in [4.78, 5) is 6.65. The number of rotatable bonds is 7. The van der Waals surface area contributed by atoms with Gasteiger partial charge in [-0.25, -0.2) is 0 Å². The Balaban J connectivity index is 2.25. The highest BCUT2D eigenvalue weighted by atomic mass is 28.3. The molecule has 0 saturated heterocycles. The van der Waals surface area contributed by atoms with E-state index in [1.54, 1.807) is 0 Å². The third-order valence-corrected chi connectivity index (χ3v) is 15.5. The van der Waals surface area contributed by atoms with Crippen LogP contribution in [0.25, 0.3) is 0 Å². The zero-order valence-electron chi connectivity index (χ0n) is 27.1. The van der Waals surface area contributed by atoms with E-state index < -0.39 is 8.07 Å². The molecule has 0 aromatic heterocycles. The molecule has 4 rings (SSSR count). The van der Waals surface area contributed by atoms with Crippen molar-refractivity contribution in [1.29, 1.82) is 0 Å². The average molecular weight is 552 g/mol. The van der Waals surface area contributed by atoms with Crippen LogP contribution in [-0.2, 0) is 0 Å². The van der Waals surface area contributed by atoms with Crippen molar-refractivity contribution in [2.24, 2.45) is 0 Å². The van der Waals surface area contributed by atoms with Crippen LogP contribution < -0.4 is 30.3 Å². The second-order valence-corrected chi connectivity index (χ2v) is 16.3. The molecule has 0 N–H and O–H groups in total. The van der Waals surface area contributed by atoms with Crippen molar-refractivity contribution in [3.05, 3.63) is 93.6 Å². The van der Waals surface area contributed by atoms with Gasteiger partial charge in [0.25, 0.3) is 0 Å². The Morgan fingerprint density at radius 3 is 0.950 bits per heavy atom. The molecule has 0 amide bonds. The largest absolute Gasteiger partial charge is 0.378 e. The summed E-state index contributed by atoms with van der Waals surface area (Å²) in [6.45, 7) is 16.5. The molecule has 40 heavy (non-hydrogen) atoms. The van der Waals surface area contributed by atoms with Crippen molar-refractivity contribution in [2.45, 2.75) is 54.0 Å². The molecule has 0 unspecified atom stereocenters. The number of hydrogen-bond acceptors (Lipinski definition) is 3. The average Bonchev–Trinajstić information content (AvgIpc) is 3.08. The van der Waals surface area contributed by atoms with E-state index in [9.17, 15) is 0 Å². The van der Waals surface area contributed by atoms with E-state index in [0.717, 1.165) is 0 Å². The van der Waals surface area contributed by atoms with Crippen LogP contribution in [0.3, 0.4) is 0 Å². The molecule has 0 atom stereocenters. The highest BCUT2D eigenvalue weighted by Gasteiger charge is 2.52. The van der Waals surface area contributed by atoms with Gasteiger partial charge in [-0.3, -0.25) is 0 Å². The quantitative estimate of drug-likeness (QED) is 0.251. The lowest BCUT2D eigenvalue weighted by Gasteiger charge is -2.44. The van der Waals surface area contributed by atoms with Crippen molar-refractivity contribution in [3.8, 4) is 0 Å². The number of anilines is 3. The van der Waals surface area contributed by atoms with Gasteiger partial charge in [0.05, 0.1) is 0 Å². The zero-order valence-corrected chi connectivity index (χ0v) is 28.1. The molecule has 3 aromatic carbocycles. The molecule has 1 aliphatic carbocycles. The van der Waals surface area contributed by atoms with Crippen molar-refractivity contribution >= 4 is 40.7 Å². The summed E-state index contributed by atoms with van der Waals surface area (Å²) in [5.41, 5.74) is 14.2. The third-order valence-electron chi connectivity index (χ3n) is 9.50. The summed E-state index contributed by atoms with van der Waals surface area (Å²) >= 11 is 0. The monoisotopic (exact) mass is 551 g/mol. The van der Waals surface area contributed by atoms with Crippen molar-refractivity contribution < 1.29 is 0 Å². The molecule has 0 heterocycles. The molecule has 0 fully saturated rings. The molecule has 0 aliphatic heterocycles. The molecule has 3 aromatic rings. The lowest BCUT2D eigenvalue weighted by Crippen LogP contribution is -2.72. The molecular formula is C36H49N3Si. The van der Waals surface area contributed by atoms with E-state index in [4.69, 9.17) is 0 Å². The van der Waals surface area contributed by atoms with Gasteiger partial charge in [0.15, 0.2) is 8.07 Å². The summed E-state index contributed by atoms with van der Waals surface area (Å²) in [5.74, 6) is 0. The molecule has 0 bridgehead atoms.